The fourth-order valence-corrected chi connectivity index (χ4v) is 3.67. The lowest BCUT2D eigenvalue weighted by Gasteiger charge is -2.21. The van der Waals surface area contributed by atoms with Crippen LogP contribution in [0.15, 0.2) is 35.1 Å². The minimum atomic E-state index is -2.87. The number of fused-ring (bicyclic) bond motifs is 1. The van der Waals surface area contributed by atoms with Crippen LogP contribution in [0, 0.1) is 0 Å². The Hall–Kier alpha value is -2.95. The van der Waals surface area contributed by atoms with Crippen LogP contribution in [0.3, 0.4) is 0 Å². The van der Waals surface area contributed by atoms with Crippen molar-refractivity contribution in [2.45, 2.75) is 24.7 Å². The van der Waals surface area contributed by atoms with Crippen LogP contribution in [-0.2, 0) is 10.2 Å². The molecule has 30 heavy (non-hydrogen) atoms. The summed E-state index contributed by atoms with van der Waals surface area (Å²) in [5.41, 5.74) is -0.545. The molecule has 2 amide bonds. The normalized spacial score (nSPS) is 19.5. The highest BCUT2D eigenvalue weighted by Crippen LogP contribution is 2.62. The van der Waals surface area contributed by atoms with Gasteiger partial charge in [0.25, 0.3) is 11.8 Å². The van der Waals surface area contributed by atoms with Gasteiger partial charge in [-0.25, -0.2) is 13.8 Å². The van der Waals surface area contributed by atoms with E-state index in [1.165, 1.54) is 37.2 Å². The lowest BCUT2D eigenvalue weighted by atomic mass is 9.92. The van der Waals surface area contributed by atoms with Crippen molar-refractivity contribution >= 4 is 44.7 Å². The first kappa shape index (κ1) is 20.3. The van der Waals surface area contributed by atoms with Gasteiger partial charge in [0.1, 0.15) is 0 Å². The summed E-state index contributed by atoms with van der Waals surface area (Å²) in [4.78, 5) is 34.6. The van der Waals surface area contributed by atoms with Crippen molar-refractivity contribution in [3.8, 4) is 0 Å². The number of carbonyl (C=O) groups excluding carboxylic acids is 2. The summed E-state index contributed by atoms with van der Waals surface area (Å²) in [6.45, 7) is 1.13. The highest BCUT2D eigenvalue weighted by atomic mass is 79.9. The third-order valence-corrected chi connectivity index (χ3v) is 5.73. The summed E-state index contributed by atoms with van der Waals surface area (Å²) in [7, 11) is 1.43. The minimum Gasteiger partial charge on any atom is -0.332 e. The van der Waals surface area contributed by atoms with E-state index in [1.54, 1.807) is 12.3 Å². The van der Waals surface area contributed by atoms with Gasteiger partial charge >= 0.3 is 0 Å². The second-order valence-corrected chi connectivity index (χ2v) is 8.40. The van der Waals surface area contributed by atoms with Gasteiger partial charge in [0.15, 0.2) is 5.65 Å². The molecule has 2 heterocycles. The van der Waals surface area contributed by atoms with Gasteiger partial charge in [-0.3, -0.25) is 20.0 Å². The molecule has 0 radical (unpaired) electrons. The Labute approximate surface area is 178 Å². The summed E-state index contributed by atoms with van der Waals surface area (Å²) in [6.07, 6.45) is 2.72. The van der Waals surface area contributed by atoms with Crippen molar-refractivity contribution in [3.05, 3.63) is 46.2 Å². The molecular formula is C19H17BrF2N6O2. The molecule has 11 heteroatoms. The van der Waals surface area contributed by atoms with Crippen molar-refractivity contribution in [3.63, 3.8) is 0 Å². The number of halogens is 3. The van der Waals surface area contributed by atoms with Crippen LogP contribution >= 0.6 is 15.9 Å². The van der Waals surface area contributed by atoms with E-state index in [0.29, 0.717) is 15.5 Å². The molecule has 1 aliphatic rings. The van der Waals surface area contributed by atoms with Crippen LogP contribution in [0.1, 0.15) is 29.3 Å². The first-order valence-electron chi connectivity index (χ1n) is 9.00. The Kier molecular flexibility index (Phi) is 4.80. The molecule has 1 aromatic carbocycles. The summed E-state index contributed by atoms with van der Waals surface area (Å²) in [6, 6.07) is 4.64. The highest BCUT2D eigenvalue weighted by Gasteiger charge is 2.69. The van der Waals surface area contributed by atoms with Gasteiger partial charge in [-0.2, -0.15) is 10.1 Å². The summed E-state index contributed by atoms with van der Waals surface area (Å²) in [5.74, 6) is -3.86. The first-order valence-corrected chi connectivity index (χ1v) is 9.79. The molecule has 0 bridgehead atoms. The van der Waals surface area contributed by atoms with Crippen LogP contribution in [0.25, 0.3) is 11.0 Å². The van der Waals surface area contributed by atoms with Crippen molar-refractivity contribution < 1.29 is 18.4 Å². The fraction of sp³-hybridized carbons (Fsp3) is 0.316. The molecule has 3 aromatic rings. The molecule has 156 valence electrons. The maximum atomic E-state index is 14.0. The number of aromatic nitrogens is 4. The molecule has 2 aromatic heterocycles. The molecule has 8 nitrogen and oxygen atoms in total. The van der Waals surface area contributed by atoms with Crippen molar-refractivity contribution in [2.75, 3.05) is 18.9 Å². The molecule has 4 rings (SSSR count). The third kappa shape index (κ3) is 3.53. The molecule has 0 aliphatic heterocycles. The Morgan fingerprint density at radius 1 is 1.33 bits per heavy atom. The molecule has 1 fully saturated rings. The number of hydrogen-bond acceptors (Lipinski definition) is 5. The van der Waals surface area contributed by atoms with E-state index in [1.807, 2.05) is 0 Å². The number of aromatic amines is 1. The molecule has 1 unspecified atom stereocenters. The number of benzene rings is 1. The largest absolute Gasteiger partial charge is 0.332 e. The van der Waals surface area contributed by atoms with Gasteiger partial charge in [0.2, 0.25) is 11.9 Å². The highest BCUT2D eigenvalue weighted by molar-refractivity contribution is 9.10. The number of amides is 2. The quantitative estimate of drug-likeness (QED) is 0.586. The average Bonchev–Trinajstić information content (AvgIpc) is 3.01. The van der Waals surface area contributed by atoms with Crippen LogP contribution in [0.2, 0.25) is 0 Å². The SMILES string of the molecule is CN(CC(=O)Nc1ncc2cn[nH]c2n1)C(=O)c1ccc(Br)cc1C1(C)CC1(F)F. The lowest BCUT2D eigenvalue weighted by Crippen LogP contribution is -2.36. The van der Waals surface area contributed by atoms with E-state index in [0.717, 1.165) is 0 Å². The van der Waals surface area contributed by atoms with Crippen LogP contribution in [0.4, 0.5) is 14.7 Å². The summed E-state index contributed by atoms with van der Waals surface area (Å²) >= 11 is 3.28. The smallest absolute Gasteiger partial charge is 0.258 e. The zero-order valence-corrected chi connectivity index (χ0v) is 17.6. The topological polar surface area (TPSA) is 104 Å². The number of nitrogens with one attached hydrogen (secondary N) is 2. The number of likely N-dealkylation sites (N-methyl/N-ethyl adjacent to an activating group) is 1. The Morgan fingerprint density at radius 2 is 2.07 bits per heavy atom. The van der Waals surface area contributed by atoms with Gasteiger partial charge in [0.05, 0.1) is 23.5 Å². The van der Waals surface area contributed by atoms with Crippen molar-refractivity contribution in [1.29, 1.82) is 0 Å². The summed E-state index contributed by atoms with van der Waals surface area (Å²) < 4.78 is 28.5. The molecule has 1 aliphatic carbocycles. The Bertz CT molecular complexity index is 1170. The van der Waals surface area contributed by atoms with E-state index in [4.69, 9.17) is 0 Å². The van der Waals surface area contributed by atoms with Gasteiger partial charge in [0, 0.05) is 29.7 Å². The van der Waals surface area contributed by atoms with Crippen LogP contribution in [-0.4, -0.2) is 56.4 Å². The van der Waals surface area contributed by atoms with E-state index < -0.39 is 23.2 Å². The zero-order chi connectivity index (χ0) is 21.7. The lowest BCUT2D eigenvalue weighted by molar-refractivity contribution is -0.116. The predicted molar refractivity (Wildman–Crippen MR) is 108 cm³/mol. The molecule has 1 atom stereocenters. The average molecular weight is 479 g/mol. The zero-order valence-electron chi connectivity index (χ0n) is 16.0. The van der Waals surface area contributed by atoms with Crippen molar-refractivity contribution in [2.24, 2.45) is 0 Å². The molecule has 0 spiro atoms. The van der Waals surface area contributed by atoms with E-state index in [-0.39, 0.29) is 30.0 Å². The third-order valence-electron chi connectivity index (χ3n) is 5.23. The van der Waals surface area contributed by atoms with E-state index in [9.17, 15) is 18.4 Å². The van der Waals surface area contributed by atoms with E-state index >= 15 is 0 Å². The predicted octanol–water partition coefficient (Wildman–Crippen LogP) is 3.12. The molecular weight excluding hydrogens is 462 g/mol. The summed E-state index contributed by atoms with van der Waals surface area (Å²) in [5, 5.41) is 9.69. The number of nitrogens with zero attached hydrogens (tertiary/aromatic N) is 4. The van der Waals surface area contributed by atoms with Crippen LogP contribution < -0.4 is 5.32 Å². The fourth-order valence-electron chi connectivity index (χ4n) is 3.31. The molecule has 1 saturated carbocycles. The Morgan fingerprint density at radius 3 is 2.77 bits per heavy atom. The number of hydrogen-bond donors (Lipinski definition) is 2. The van der Waals surface area contributed by atoms with Crippen molar-refractivity contribution in [1.82, 2.24) is 25.1 Å². The number of H-pyrrole nitrogens is 1. The number of anilines is 1. The number of carbonyl (C=O) groups is 2. The number of alkyl halides is 2. The van der Waals surface area contributed by atoms with Gasteiger partial charge in [-0.05, 0) is 30.7 Å². The van der Waals surface area contributed by atoms with Crippen LogP contribution in [0.5, 0.6) is 0 Å². The maximum absolute atomic E-state index is 14.0. The van der Waals surface area contributed by atoms with Gasteiger partial charge in [-0.15, -0.1) is 0 Å². The Balaban J connectivity index is 1.49. The van der Waals surface area contributed by atoms with Gasteiger partial charge < -0.3 is 4.90 Å². The monoisotopic (exact) mass is 478 g/mol. The standard InChI is InChI=1S/C19H17BrF2N6O2/c1-18(9-19(18,21)22)13-5-11(20)3-4-12(13)16(30)28(2)8-14(29)25-17-23-6-10-7-24-27-15(10)26-17/h3-7H,8-9H2,1-2H3,(H2,23,24,25,26,27,29). The minimum absolute atomic E-state index is 0.0621. The second kappa shape index (κ2) is 7.08. The second-order valence-electron chi connectivity index (χ2n) is 7.48. The molecule has 2 N–H and O–H groups in total. The number of rotatable bonds is 5. The maximum Gasteiger partial charge on any atom is 0.258 e. The van der Waals surface area contributed by atoms with Gasteiger partial charge in [-0.1, -0.05) is 15.9 Å². The van der Waals surface area contributed by atoms with E-state index in [2.05, 4.69) is 41.4 Å². The molecule has 0 saturated heterocycles. The first-order chi connectivity index (χ1) is 14.1.